The first-order valence-electron chi connectivity index (χ1n) is 17.7. The summed E-state index contributed by atoms with van der Waals surface area (Å²) < 4.78 is 2.66. The first kappa shape index (κ1) is 29.9. The van der Waals surface area contributed by atoms with Crippen LogP contribution in [0, 0.1) is 0 Å². The van der Waals surface area contributed by atoms with Gasteiger partial charge in [-0.1, -0.05) is 159 Å². The SMILES string of the molecule is CC1(C)c2ccccc2-c2ccc(N(c3ccccc3-c3ccccc3-c3ccccc3)c3cccc4c3ccc3c5ccccc5sc43)cc21. The fourth-order valence-corrected chi connectivity index (χ4v) is 9.67. The lowest BCUT2D eigenvalue weighted by Gasteiger charge is -2.31. The van der Waals surface area contributed by atoms with E-state index in [0.29, 0.717) is 0 Å². The molecule has 1 aromatic heterocycles. The van der Waals surface area contributed by atoms with Crippen LogP contribution in [-0.2, 0) is 5.41 Å². The molecule has 2 heteroatoms. The van der Waals surface area contributed by atoms with Gasteiger partial charge in [0.25, 0.3) is 0 Å². The summed E-state index contributed by atoms with van der Waals surface area (Å²) in [6.07, 6.45) is 0. The predicted octanol–water partition coefficient (Wildman–Crippen LogP) is 14.3. The molecular weight excluding hydrogens is 635 g/mol. The largest absolute Gasteiger partial charge is 0.309 e. The number of nitrogens with zero attached hydrogens (tertiary/aromatic N) is 1. The molecule has 1 aliphatic rings. The Bertz CT molecular complexity index is 2790. The van der Waals surface area contributed by atoms with Crippen molar-refractivity contribution >= 4 is 59.3 Å². The molecule has 0 aliphatic heterocycles. The number of anilines is 3. The second-order valence-electron chi connectivity index (χ2n) is 14.1. The fourth-order valence-electron chi connectivity index (χ4n) is 8.44. The van der Waals surface area contributed by atoms with E-state index < -0.39 is 0 Å². The molecule has 0 amide bonds. The molecule has 0 saturated heterocycles. The summed E-state index contributed by atoms with van der Waals surface area (Å²) in [4.78, 5) is 2.51. The molecule has 0 atom stereocenters. The molecule has 1 heterocycles. The molecule has 0 unspecified atom stereocenters. The summed E-state index contributed by atoms with van der Waals surface area (Å²) in [5.41, 5.74) is 13.6. The summed E-state index contributed by atoms with van der Waals surface area (Å²) in [6, 6.07) is 64.8. The van der Waals surface area contributed by atoms with E-state index in [4.69, 9.17) is 0 Å². The second kappa shape index (κ2) is 11.6. The lowest BCUT2D eigenvalue weighted by molar-refractivity contribution is 0.660. The molecule has 0 radical (unpaired) electrons. The van der Waals surface area contributed by atoms with Gasteiger partial charge < -0.3 is 4.90 Å². The summed E-state index contributed by atoms with van der Waals surface area (Å²) >= 11 is 1.89. The Labute approximate surface area is 302 Å². The van der Waals surface area contributed by atoms with Crippen molar-refractivity contribution in [3.63, 3.8) is 0 Å². The van der Waals surface area contributed by atoms with Gasteiger partial charge in [-0.2, -0.15) is 0 Å². The van der Waals surface area contributed by atoms with E-state index in [1.165, 1.54) is 81.1 Å². The number of rotatable bonds is 5. The molecule has 0 saturated carbocycles. The van der Waals surface area contributed by atoms with E-state index in [1.54, 1.807) is 0 Å². The number of thiophene rings is 1. The van der Waals surface area contributed by atoms with Gasteiger partial charge in [0.15, 0.2) is 0 Å². The van der Waals surface area contributed by atoms with Crippen molar-refractivity contribution in [3.8, 4) is 33.4 Å². The minimum absolute atomic E-state index is 0.116. The smallest absolute Gasteiger partial charge is 0.0540 e. The van der Waals surface area contributed by atoms with Crippen molar-refractivity contribution in [2.24, 2.45) is 0 Å². The van der Waals surface area contributed by atoms with Gasteiger partial charge in [-0.3, -0.25) is 0 Å². The van der Waals surface area contributed by atoms with Crippen molar-refractivity contribution in [2.75, 3.05) is 4.90 Å². The van der Waals surface area contributed by atoms with E-state index >= 15 is 0 Å². The van der Waals surface area contributed by atoms with E-state index in [2.05, 4.69) is 195 Å². The van der Waals surface area contributed by atoms with E-state index in [-0.39, 0.29) is 5.41 Å². The van der Waals surface area contributed by atoms with E-state index in [1.807, 2.05) is 11.3 Å². The average Bonchev–Trinajstić information content (AvgIpc) is 3.68. The van der Waals surface area contributed by atoms with Crippen LogP contribution >= 0.6 is 11.3 Å². The Morgan fingerprint density at radius 3 is 1.88 bits per heavy atom. The topological polar surface area (TPSA) is 3.24 Å². The maximum absolute atomic E-state index is 2.51. The molecule has 0 fully saturated rings. The van der Waals surface area contributed by atoms with E-state index in [0.717, 1.165) is 11.4 Å². The Morgan fingerprint density at radius 1 is 0.412 bits per heavy atom. The van der Waals surface area contributed by atoms with Crippen molar-refractivity contribution in [3.05, 3.63) is 187 Å². The lowest BCUT2D eigenvalue weighted by atomic mass is 9.82. The monoisotopic (exact) mass is 669 g/mol. The zero-order valence-corrected chi connectivity index (χ0v) is 29.4. The highest BCUT2D eigenvalue weighted by molar-refractivity contribution is 7.26. The maximum Gasteiger partial charge on any atom is 0.0540 e. The molecule has 8 aromatic carbocycles. The zero-order valence-electron chi connectivity index (χ0n) is 28.6. The molecule has 242 valence electrons. The third-order valence-corrected chi connectivity index (χ3v) is 12.1. The quantitative estimate of drug-likeness (QED) is 0.176. The Morgan fingerprint density at radius 2 is 1.02 bits per heavy atom. The van der Waals surface area contributed by atoms with Crippen LogP contribution in [0.1, 0.15) is 25.0 Å². The van der Waals surface area contributed by atoms with Gasteiger partial charge in [0.05, 0.1) is 11.4 Å². The molecule has 10 rings (SSSR count). The molecule has 1 aliphatic carbocycles. The Kier molecular flexibility index (Phi) is 6.78. The molecule has 51 heavy (non-hydrogen) atoms. The van der Waals surface area contributed by atoms with Crippen LogP contribution < -0.4 is 4.90 Å². The standard InChI is InChI=1S/C49H35NS/c1-49(2)43-23-11-8-19-36(43)37-28-27-33(31-44(37)49)50(45-24-12-9-20-38(45)35-18-7-6-17-34(35)32-15-4-3-5-16-32)46-25-14-22-41-39(46)29-30-42-40-21-10-13-26-47(40)51-48(41)42/h3-31H,1-2H3. The first-order chi connectivity index (χ1) is 25.1. The number of hydrogen-bond acceptors (Lipinski definition) is 2. The van der Waals surface area contributed by atoms with E-state index in [9.17, 15) is 0 Å². The van der Waals surface area contributed by atoms with Crippen LogP contribution in [0.25, 0.3) is 64.3 Å². The molecule has 0 spiro atoms. The molecule has 0 N–H and O–H groups in total. The van der Waals surface area contributed by atoms with Gasteiger partial charge in [-0.05, 0) is 69.3 Å². The predicted molar refractivity (Wildman–Crippen MR) is 220 cm³/mol. The summed E-state index contributed by atoms with van der Waals surface area (Å²) in [7, 11) is 0. The lowest BCUT2D eigenvalue weighted by Crippen LogP contribution is -2.17. The van der Waals surface area contributed by atoms with Gasteiger partial charge in [0.1, 0.15) is 0 Å². The molecule has 9 aromatic rings. The van der Waals surface area contributed by atoms with Gasteiger partial charge in [0.2, 0.25) is 0 Å². The highest BCUT2D eigenvalue weighted by Gasteiger charge is 2.36. The van der Waals surface area contributed by atoms with Gasteiger partial charge in [-0.15, -0.1) is 11.3 Å². The highest BCUT2D eigenvalue weighted by atomic mass is 32.1. The number of para-hydroxylation sites is 1. The third kappa shape index (κ3) is 4.60. The van der Waals surface area contributed by atoms with Crippen molar-refractivity contribution in [2.45, 2.75) is 19.3 Å². The van der Waals surface area contributed by atoms with Crippen LogP contribution in [0.2, 0.25) is 0 Å². The molecular formula is C49H35NS. The Hall–Kier alpha value is -5.96. The average molecular weight is 670 g/mol. The Balaban J connectivity index is 1.26. The first-order valence-corrected chi connectivity index (χ1v) is 18.5. The highest BCUT2D eigenvalue weighted by Crippen LogP contribution is 2.52. The van der Waals surface area contributed by atoms with Gasteiger partial charge >= 0.3 is 0 Å². The number of hydrogen-bond donors (Lipinski definition) is 0. The summed E-state index contributed by atoms with van der Waals surface area (Å²) in [5.74, 6) is 0. The second-order valence-corrected chi connectivity index (χ2v) is 15.1. The molecule has 0 bridgehead atoms. The minimum Gasteiger partial charge on any atom is -0.309 e. The van der Waals surface area contributed by atoms with Crippen LogP contribution in [0.4, 0.5) is 17.1 Å². The minimum atomic E-state index is -0.116. The van der Waals surface area contributed by atoms with Crippen molar-refractivity contribution in [1.29, 1.82) is 0 Å². The van der Waals surface area contributed by atoms with Crippen LogP contribution in [0.15, 0.2) is 176 Å². The summed E-state index contributed by atoms with van der Waals surface area (Å²) in [6.45, 7) is 4.73. The summed E-state index contributed by atoms with van der Waals surface area (Å²) in [5, 5.41) is 5.17. The normalized spacial score (nSPS) is 13.1. The van der Waals surface area contributed by atoms with Crippen LogP contribution in [0.3, 0.4) is 0 Å². The maximum atomic E-state index is 2.51. The molecule has 1 nitrogen and oxygen atoms in total. The van der Waals surface area contributed by atoms with Gasteiger partial charge in [-0.25, -0.2) is 0 Å². The van der Waals surface area contributed by atoms with Gasteiger partial charge in [0, 0.05) is 47.6 Å². The van der Waals surface area contributed by atoms with Crippen LogP contribution in [-0.4, -0.2) is 0 Å². The van der Waals surface area contributed by atoms with Crippen molar-refractivity contribution in [1.82, 2.24) is 0 Å². The number of fused-ring (bicyclic) bond motifs is 8. The number of benzene rings is 8. The van der Waals surface area contributed by atoms with Crippen molar-refractivity contribution < 1.29 is 0 Å². The third-order valence-electron chi connectivity index (χ3n) is 10.9. The zero-order chi connectivity index (χ0) is 34.1. The fraction of sp³-hybridized carbons (Fsp3) is 0.0612. The van der Waals surface area contributed by atoms with Crippen LogP contribution in [0.5, 0.6) is 0 Å².